The molecule has 0 aromatic rings. The van der Waals surface area contributed by atoms with E-state index in [1.54, 1.807) is 32.9 Å². The summed E-state index contributed by atoms with van der Waals surface area (Å²) in [6, 6.07) is 0. The van der Waals surface area contributed by atoms with Gasteiger partial charge in [-0.3, -0.25) is 4.79 Å². The molecule has 0 amide bonds. The molecule has 0 spiro atoms. The zero-order valence-corrected chi connectivity index (χ0v) is 11.4. The topological polar surface area (TPSA) is 71.1 Å². The van der Waals surface area contributed by atoms with Crippen molar-refractivity contribution in [3.63, 3.8) is 0 Å². The Bertz CT molecular complexity index is 408. The van der Waals surface area contributed by atoms with E-state index in [-0.39, 0.29) is 12.2 Å². The highest BCUT2D eigenvalue weighted by atomic mass is 16.8. The van der Waals surface area contributed by atoms with E-state index in [2.05, 4.69) is 0 Å². The monoisotopic (exact) mass is 270 g/mol. The van der Waals surface area contributed by atoms with Crippen molar-refractivity contribution in [2.45, 2.75) is 57.7 Å². The van der Waals surface area contributed by atoms with Crippen LogP contribution in [0, 0.1) is 0 Å². The number of ether oxygens (including phenoxy) is 4. The van der Waals surface area contributed by atoms with Gasteiger partial charge in [0.05, 0.1) is 0 Å². The fourth-order valence-electron chi connectivity index (χ4n) is 2.08. The molecule has 1 saturated heterocycles. The first-order valence-electron chi connectivity index (χ1n) is 6.17. The van der Waals surface area contributed by atoms with E-state index in [1.807, 2.05) is 0 Å². The molecule has 6 heteroatoms. The van der Waals surface area contributed by atoms with Gasteiger partial charge in [0.15, 0.2) is 12.2 Å². The van der Waals surface area contributed by atoms with Crippen molar-refractivity contribution < 1.29 is 28.5 Å². The van der Waals surface area contributed by atoms with Crippen LogP contribution >= 0.6 is 0 Å². The Hall–Kier alpha value is -1.56. The Morgan fingerprint density at radius 3 is 2.05 bits per heavy atom. The first-order chi connectivity index (χ1) is 8.76. The van der Waals surface area contributed by atoms with E-state index in [0.29, 0.717) is 0 Å². The van der Waals surface area contributed by atoms with Crippen molar-refractivity contribution in [3.05, 3.63) is 12.2 Å². The highest BCUT2D eigenvalue weighted by Gasteiger charge is 2.51. The average Bonchev–Trinajstić information content (AvgIpc) is 2.77. The van der Waals surface area contributed by atoms with Crippen LogP contribution in [0.3, 0.4) is 0 Å². The van der Waals surface area contributed by atoms with Gasteiger partial charge in [0.2, 0.25) is 0 Å². The molecule has 6 nitrogen and oxygen atoms in total. The maximum absolute atomic E-state index is 11.7. The summed E-state index contributed by atoms with van der Waals surface area (Å²) in [7, 11) is 0. The molecule has 19 heavy (non-hydrogen) atoms. The Morgan fingerprint density at radius 2 is 1.58 bits per heavy atom. The molecule has 0 aliphatic carbocycles. The maximum Gasteiger partial charge on any atom is 0.509 e. The lowest BCUT2D eigenvalue weighted by Gasteiger charge is -2.26. The van der Waals surface area contributed by atoms with Gasteiger partial charge in [0.1, 0.15) is 17.8 Å². The van der Waals surface area contributed by atoms with E-state index >= 15 is 0 Å². The van der Waals surface area contributed by atoms with Crippen LogP contribution in [-0.2, 0) is 23.7 Å². The first-order valence-corrected chi connectivity index (χ1v) is 6.17. The maximum atomic E-state index is 11.7. The van der Waals surface area contributed by atoms with Crippen LogP contribution in [0.5, 0.6) is 0 Å². The second-order valence-electron chi connectivity index (χ2n) is 5.57. The molecule has 2 aliphatic rings. The van der Waals surface area contributed by atoms with E-state index in [4.69, 9.17) is 18.9 Å². The molecule has 4 atom stereocenters. The van der Waals surface area contributed by atoms with Gasteiger partial charge in [0, 0.05) is 6.92 Å². The van der Waals surface area contributed by atoms with E-state index in [1.165, 1.54) is 6.92 Å². The summed E-state index contributed by atoms with van der Waals surface area (Å²) >= 11 is 0. The van der Waals surface area contributed by atoms with Crippen LogP contribution in [0.15, 0.2) is 12.2 Å². The molecule has 0 radical (unpaired) electrons. The van der Waals surface area contributed by atoms with Crippen LogP contribution < -0.4 is 0 Å². The number of rotatable bonds is 2. The molecular weight excluding hydrogens is 252 g/mol. The second kappa shape index (κ2) is 4.85. The van der Waals surface area contributed by atoms with E-state index < -0.39 is 29.9 Å². The van der Waals surface area contributed by atoms with Crippen molar-refractivity contribution in [1.82, 2.24) is 0 Å². The van der Waals surface area contributed by atoms with Gasteiger partial charge in [-0.25, -0.2) is 4.79 Å². The zero-order valence-electron chi connectivity index (χ0n) is 11.4. The van der Waals surface area contributed by atoms with Crippen LogP contribution in [0.1, 0.15) is 27.7 Å². The Labute approximate surface area is 111 Å². The van der Waals surface area contributed by atoms with Gasteiger partial charge >= 0.3 is 12.1 Å². The average molecular weight is 270 g/mol. The molecule has 0 aromatic carbocycles. The standard InChI is InChI=1S/C13H18O6/c1-7(14)16-10-8-5-6-9(17-8)11(10)18-12(15)19-13(2,3)4/h5-6,8-11H,1-4H3. The Kier molecular flexibility index (Phi) is 3.54. The summed E-state index contributed by atoms with van der Waals surface area (Å²) < 4.78 is 20.9. The molecule has 2 aliphatic heterocycles. The smallest absolute Gasteiger partial charge is 0.455 e. The van der Waals surface area contributed by atoms with Crippen LogP contribution in [0.4, 0.5) is 4.79 Å². The van der Waals surface area contributed by atoms with Gasteiger partial charge in [-0.15, -0.1) is 0 Å². The predicted molar refractivity (Wildman–Crippen MR) is 64.5 cm³/mol. The fourth-order valence-corrected chi connectivity index (χ4v) is 2.08. The first kappa shape index (κ1) is 13.9. The van der Waals surface area contributed by atoms with Gasteiger partial charge in [-0.05, 0) is 20.8 Å². The van der Waals surface area contributed by atoms with Gasteiger partial charge in [0.25, 0.3) is 0 Å². The molecule has 2 rings (SSSR count). The highest BCUT2D eigenvalue weighted by Crippen LogP contribution is 2.33. The van der Waals surface area contributed by atoms with Crippen LogP contribution in [0.2, 0.25) is 0 Å². The minimum Gasteiger partial charge on any atom is -0.455 e. The number of carbonyl (C=O) groups is 2. The van der Waals surface area contributed by atoms with Gasteiger partial charge in [-0.2, -0.15) is 0 Å². The third-order valence-corrected chi connectivity index (χ3v) is 2.70. The van der Waals surface area contributed by atoms with Crippen molar-refractivity contribution >= 4 is 12.1 Å². The quantitative estimate of drug-likeness (QED) is 0.560. The summed E-state index contributed by atoms with van der Waals surface area (Å²) in [6.45, 7) is 6.54. The molecule has 106 valence electrons. The largest absolute Gasteiger partial charge is 0.509 e. The summed E-state index contributed by atoms with van der Waals surface area (Å²) in [5.74, 6) is -0.438. The van der Waals surface area contributed by atoms with Crippen molar-refractivity contribution in [1.29, 1.82) is 0 Å². The lowest BCUT2D eigenvalue weighted by Crippen LogP contribution is -2.42. The van der Waals surface area contributed by atoms with Crippen molar-refractivity contribution in [2.24, 2.45) is 0 Å². The predicted octanol–water partition coefficient (Wildman–Crippen LogP) is 1.58. The summed E-state index contributed by atoms with van der Waals surface area (Å²) in [5.41, 5.74) is -0.637. The van der Waals surface area contributed by atoms with E-state index in [9.17, 15) is 9.59 Å². The molecular formula is C13H18O6. The molecule has 0 aromatic heterocycles. The minimum absolute atomic E-state index is 0.360. The van der Waals surface area contributed by atoms with Crippen molar-refractivity contribution in [2.75, 3.05) is 0 Å². The van der Waals surface area contributed by atoms with Crippen molar-refractivity contribution in [3.8, 4) is 0 Å². The second-order valence-corrected chi connectivity index (χ2v) is 5.57. The Morgan fingerprint density at radius 1 is 1.05 bits per heavy atom. The number of hydrogen-bond acceptors (Lipinski definition) is 6. The van der Waals surface area contributed by atoms with Crippen LogP contribution in [0.25, 0.3) is 0 Å². The van der Waals surface area contributed by atoms with Gasteiger partial charge in [-0.1, -0.05) is 12.2 Å². The molecule has 0 saturated carbocycles. The molecule has 1 fully saturated rings. The summed E-state index contributed by atoms with van der Waals surface area (Å²) in [4.78, 5) is 22.7. The minimum atomic E-state index is -0.792. The Balaban J connectivity index is 2.00. The third-order valence-electron chi connectivity index (χ3n) is 2.70. The third kappa shape index (κ3) is 3.26. The molecule has 0 N–H and O–H groups in total. The molecule has 4 unspecified atom stereocenters. The lowest BCUT2D eigenvalue weighted by molar-refractivity contribution is -0.153. The number of carbonyl (C=O) groups excluding carboxylic acids is 2. The zero-order chi connectivity index (χ0) is 14.2. The van der Waals surface area contributed by atoms with E-state index in [0.717, 1.165) is 0 Å². The molecule has 2 bridgehead atoms. The number of hydrogen-bond donors (Lipinski definition) is 0. The van der Waals surface area contributed by atoms with Gasteiger partial charge < -0.3 is 18.9 Å². The normalized spacial score (nSPS) is 32.2. The van der Waals surface area contributed by atoms with Crippen LogP contribution in [-0.4, -0.2) is 42.1 Å². The fraction of sp³-hybridized carbons (Fsp3) is 0.692. The summed E-state index contributed by atoms with van der Waals surface area (Å²) in [6.07, 6.45) is 0.781. The molecule has 2 heterocycles. The number of esters is 1. The SMILES string of the molecule is CC(=O)OC1C2C=CC(O2)C1OC(=O)OC(C)(C)C. The lowest BCUT2D eigenvalue weighted by atomic mass is 10.0. The highest BCUT2D eigenvalue weighted by molar-refractivity contribution is 5.66. The number of fused-ring (bicyclic) bond motifs is 2. The summed E-state index contributed by atoms with van der Waals surface area (Å²) in [5, 5.41) is 0.